The Balaban J connectivity index is 2.08. The number of hydrogen-bond donors (Lipinski definition) is 2. The topological polar surface area (TPSA) is 61.7 Å². The quantitative estimate of drug-likeness (QED) is 0.666. The van der Waals surface area contributed by atoms with E-state index in [4.69, 9.17) is 0 Å². The molecule has 2 aromatic rings. The Morgan fingerprint density at radius 1 is 1.15 bits per heavy atom. The zero-order valence-corrected chi connectivity index (χ0v) is 10.8. The average molecular weight is 272 g/mol. The van der Waals surface area contributed by atoms with Gasteiger partial charge in [-0.2, -0.15) is 5.10 Å². The smallest absolute Gasteiger partial charge is 0.271 e. The lowest BCUT2D eigenvalue weighted by atomic mass is 10.1. The second kappa shape index (κ2) is 5.97. The molecule has 0 aliphatic rings. The minimum Gasteiger partial charge on any atom is -0.508 e. The van der Waals surface area contributed by atoms with Crippen LogP contribution < -0.4 is 5.43 Å². The van der Waals surface area contributed by atoms with Gasteiger partial charge in [0.1, 0.15) is 11.6 Å². The number of nitrogens with one attached hydrogen (secondary N) is 1. The molecule has 4 nitrogen and oxygen atoms in total. The van der Waals surface area contributed by atoms with E-state index in [1.54, 1.807) is 31.2 Å². The first-order chi connectivity index (χ1) is 9.56. The molecule has 0 saturated heterocycles. The molecule has 0 spiro atoms. The fraction of sp³-hybridized carbons (Fsp3) is 0.0667. The summed E-state index contributed by atoms with van der Waals surface area (Å²) in [4.78, 5) is 11.8. The molecular formula is C15H13FN2O2. The number of rotatable bonds is 3. The molecule has 0 atom stereocenters. The number of aromatic hydroxyl groups is 1. The highest BCUT2D eigenvalue weighted by molar-refractivity contribution is 6.01. The van der Waals surface area contributed by atoms with Crippen LogP contribution in [0.25, 0.3) is 0 Å². The standard InChI is InChI=1S/C15H13FN2O2/c1-10(12-3-2-4-14(19)9-12)17-18-15(20)11-5-7-13(16)8-6-11/h2-9,19H,1H3,(H,18,20)/b17-10+. The summed E-state index contributed by atoms with van der Waals surface area (Å²) in [6, 6.07) is 11.7. The highest BCUT2D eigenvalue weighted by Crippen LogP contribution is 2.11. The van der Waals surface area contributed by atoms with Crippen molar-refractivity contribution in [1.29, 1.82) is 0 Å². The predicted molar refractivity (Wildman–Crippen MR) is 74.2 cm³/mol. The van der Waals surface area contributed by atoms with Crippen molar-refractivity contribution >= 4 is 11.6 Å². The maximum atomic E-state index is 12.7. The lowest BCUT2D eigenvalue weighted by Crippen LogP contribution is -2.19. The van der Waals surface area contributed by atoms with Crippen molar-refractivity contribution in [3.8, 4) is 5.75 Å². The van der Waals surface area contributed by atoms with E-state index in [2.05, 4.69) is 10.5 Å². The lowest BCUT2D eigenvalue weighted by molar-refractivity contribution is 0.0955. The first-order valence-electron chi connectivity index (χ1n) is 5.96. The van der Waals surface area contributed by atoms with Crippen LogP contribution in [0.4, 0.5) is 4.39 Å². The fourth-order valence-electron chi connectivity index (χ4n) is 1.60. The highest BCUT2D eigenvalue weighted by atomic mass is 19.1. The first kappa shape index (κ1) is 13.7. The molecule has 2 N–H and O–H groups in total. The van der Waals surface area contributed by atoms with Gasteiger partial charge in [0.05, 0.1) is 5.71 Å². The van der Waals surface area contributed by atoms with E-state index in [0.29, 0.717) is 16.8 Å². The summed E-state index contributed by atoms with van der Waals surface area (Å²) in [5, 5.41) is 13.3. The molecular weight excluding hydrogens is 259 g/mol. The average Bonchev–Trinajstić information content (AvgIpc) is 2.45. The highest BCUT2D eigenvalue weighted by Gasteiger charge is 2.05. The van der Waals surface area contributed by atoms with Crippen LogP contribution in [0.5, 0.6) is 5.75 Å². The molecule has 0 aliphatic heterocycles. The monoisotopic (exact) mass is 272 g/mol. The number of phenols is 1. The van der Waals surface area contributed by atoms with Crippen LogP contribution in [0.3, 0.4) is 0 Å². The normalized spacial score (nSPS) is 11.2. The number of hydrazone groups is 1. The molecule has 102 valence electrons. The van der Waals surface area contributed by atoms with Crippen LogP contribution >= 0.6 is 0 Å². The van der Waals surface area contributed by atoms with E-state index in [0.717, 1.165) is 0 Å². The van der Waals surface area contributed by atoms with E-state index in [1.807, 2.05) is 0 Å². The Hall–Kier alpha value is -2.69. The molecule has 2 aromatic carbocycles. The Kier molecular flexibility index (Phi) is 4.10. The summed E-state index contributed by atoms with van der Waals surface area (Å²) in [6.45, 7) is 1.71. The Bertz CT molecular complexity index is 651. The molecule has 5 heteroatoms. The van der Waals surface area contributed by atoms with Crippen molar-refractivity contribution in [2.24, 2.45) is 5.10 Å². The summed E-state index contributed by atoms with van der Waals surface area (Å²) in [5.41, 5.74) is 3.95. The minimum atomic E-state index is -0.426. The predicted octanol–water partition coefficient (Wildman–Crippen LogP) is 2.69. The number of halogens is 1. The molecule has 1 amide bonds. The Labute approximate surface area is 115 Å². The van der Waals surface area contributed by atoms with Gasteiger partial charge in [-0.25, -0.2) is 9.82 Å². The van der Waals surface area contributed by atoms with Gasteiger partial charge in [0.15, 0.2) is 0 Å². The molecule has 0 aromatic heterocycles. The van der Waals surface area contributed by atoms with Gasteiger partial charge in [-0.1, -0.05) is 12.1 Å². The third-order valence-electron chi connectivity index (χ3n) is 2.70. The molecule has 0 radical (unpaired) electrons. The SMILES string of the molecule is C/C(=N\NC(=O)c1ccc(F)cc1)c1cccc(O)c1. The first-order valence-corrected chi connectivity index (χ1v) is 5.96. The molecule has 20 heavy (non-hydrogen) atoms. The molecule has 0 fully saturated rings. The van der Waals surface area contributed by atoms with Crippen LogP contribution in [-0.2, 0) is 0 Å². The van der Waals surface area contributed by atoms with Gasteiger partial charge in [-0.3, -0.25) is 4.79 Å². The van der Waals surface area contributed by atoms with Crippen LogP contribution in [0.15, 0.2) is 53.6 Å². The van der Waals surface area contributed by atoms with Crippen LogP contribution in [0.1, 0.15) is 22.8 Å². The van der Waals surface area contributed by atoms with E-state index in [1.165, 1.54) is 24.3 Å². The maximum absolute atomic E-state index is 12.7. The van der Waals surface area contributed by atoms with Gasteiger partial charge < -0.3 is 5.11 Å². The van der Waals surface area contributed by atoms with E-state index < -0.39 is 11.7 Å². The third-order valence-corrected chi connectivity index (χ3v) is 2.70. The van der Waals surface area contributed by atoms with E-state index >= 15 is 0 Å². The fourth-order valence-corrected chi connectivity index (χ4v) is 1.60. The number of amides is 1. The largest absolute Gasteiger partial charge is 0.508 e. The summed E-state index contributed by atoms with van der Waals surface area (Å²) in [6.07, 6.45) is 0. The minimum absolute atomic E-state index is 0.127. The Morgan fingerprint density at radius 3 is 2.50 bits per heavy atom. The van der Waals surface area contributed by atoms with Gasteiger partial charge in [-0.15, -0.1) is 0 Å². The molecule has 0 aliphatic carbocycles. The molecule has 0 unspecified atom stereocenters. The molecule has 2 rings (SSSR count). The van der Waals surface area contributed by atoms with Crippen molar-refractivity contribution < 1.29 is 14.3 Å². The zero-order chi connectivity index (χ0) is 14.5. The van der Waals surface area contributed by atoms with Gasteiger partial charge in [0.2, 0.25) is 0 Å². The third kappa shape index (κ3) is 3.41. The van der Waals surface area contributed by atoms with E-state index in [-0.39, 0.29) is 5.75 Å². The number of phenolic OH excluding ortho intramolecular Hbond substituents is 1. The second-order valence-electron chi connectivity index (χ2n) is 4.20. The van der Waals surface area contributed by atoms with Crippen molar-refractivity contribution in [3.05, 3.63) is 65.5 Å². The van der Waals surface area contributed by atoms with Crippen molar-refractivity contribution in [2.45, 2.75) is 6.92 Å². The van der Waals surface area contributed by atoms with Crippen LogP contribution in [0.2, 0.25) is 0 Å². The Morgan fingerprint density at radius 2 is 1.85 bits per heavy atom. The number of carbonyl (C=O) groups is 1. The number of benzene rings is 2. The van der Waals surface area contributed by atoms with Crippen LogP contribution in [-0.4, -0.2) is 16.7 Å². The summed E-state index contributed by atoms with van der Waals surface area (Å²) < 4.78 is 12.7. The van der Waals surface area contributed by atoms with Gasteiger partial charge in [0.25, 0.3) is 5.91 Å². The summed E-state index contributed by atoms with van der Waals surface area (Å²) >= 11 is 0. The van der Waals surface area contributed by atoms with E-state index in [9.17, 15) is 14.3 Å². The molecule has 0 heterocycles. The molecule has 0 saturated carbocycles. The van der Waals surface area contributed by atoms with Gasteiger partial charge >= 0.3 is 0 Å². The summed E-state index contributed by atoms with van der Waals surface area (Å²) in [5.74, 6) is -0.701. The lowest BCUT2D eigenvalue weighted by Gasteiger charge is -2.03. The number of carbonyl (C=O) groups excluding carboxylic acids is 1. The number of hydrogen-bond acceptors (Lipinski definition) is 3. The maximum Gasteiger partial charge on any atom is 0.271 e. The van der Waals surface area contributed by atoms with Crippen molar-refractivity contribution in [3.63, 3.8) is 0 Å². The van der Waals surface area contributed by atoms with Gasteiger partial charge in [0, 0.05) is 11.1 Å². The second-order valence-corrected chi connectivity index (χ2v) is 4.20. The summed E-state index contributed by atoms with van der Waals surface area (Å²) in [7, 11) is 0. The van der Waals surface area contributed by atoms with Crippen LogP contribution in [0, 0.1) is 5.82 Å². The molecule has 0 bridgehead atoms. The van der Waals surface area contributed by atoms with Crippen molar-refractivity contribution in [2.75, 3.05) is 0 Å². The van der Waals surface area contributed by atoms with Crippen molar-refractivity contribution in [1.82, 2.24) is 5.43 Å². The van der Waals surface area contributed by atoms with Gasteiger partial charge in [-0.05, 0) is 43.3 Å². The zero-order valence-electron chi connectivity index (χ0n) is 10.8. The number of nitrogens with zero attached hydrogens (tertiary/aromatic N) is 1.